The van der Waals surface area contributed by atoms with Gasteiger partial charge in [0.05, 0.1) is 6.20 Å². The fourth-order valence-electron chi connectivity index (χ4n) is 1.94. The first-order valence-corrected chi connectivity index (χ1v) is 6.98. The Hall–Kier alpha value is -1.13. The van der Waals surface area contributed by atoms with Crippen LogP contribution in [0.5, 0.6) is 0 Å². The van der Waals surface area contributed by atoms with E-state index in [1.165, 1.54) is 11.1 Å². The summed E-state index contributed by atoms with van der Waals surface area (Å²) in [5, 5.41) is 12.1. The fourth-order valence-corrected chi connectivity index (χ4v) is 2.62. The maximum atomic E-state index is 4.38. The minimum Gasteiger partial charge on any atom is -0.313 e. The van der Waals surface area contributed by atoms with Gasteiger partial charge in [0, 0.05) is 24.3 Å². The van der Waals surface area contributed by atoms with Crippen LogP contribution in [0.1, 0.15) is 30.5 Å². The Bertz CT molecular complexity index is 433. The van der Waals surface area contributed by atoms with E-state index in [-0.39, 0.29) is 0 Å². The molecule has 0 fully saturated rings. The Labute approximate surface area is 106 Å². The average Bonchev–Trinajstić information content (AvgIpc) is 2.97. The SMILES string of the molecule is CCCn1cc(C(Cc2ccsc2)NC)cn1. The Kier molecular flexibility index (Phi) is 4.34. The van der Waals surface area contributed by atoms with E-state index in [0.29, 0.717) is 6.04 Å². The molecule has 2 heterocycles. The van der Waals surface area contributed by atoms with E-state index in [1.54, 1.807) is 11.3 Å². The van der Waals surface area contributed by atoms with Crippen molar-refractivity contribution in [2.45, 2.75) is 32.4 Å². The number of nitrogens with one attached hydrogen (secondary N) is 1. The zero-order valence-corrected chi connectivity index (χ0v) is 11.2. The molecule has 2 aromatic rings. The van der Waals surface area contributed by atoms with Crippen LogP contribution in [-0.4, -0.2) is 16.8 Å². The normalized spacial score (nSPS) is 12.8. The van der Waals surface area contributed by atoms with Crippen molar-refractivity contribution >= 4 is 11.3 Å². The van der Waals surface area contributed by atoms with E-state index < -0.39 is 0 Å². The molecule has 0 spiro atoms. The van der Waals surface area contributed by atoms with Gasteiger partial charge >= 0.3 is 0 Å². The molecule has 0 saturated carbocycles. The first-order chi connectivity index (χ1) is 8.33. The molecular weight excluding hydrogens is 230 g/mol. The highest BCUT2D eigenvalue weighted by atomic mass is 32.1. The molecule has 0 radical (unpaired) electrons. The summed E-state index contributed by atoms with van der Waals surface area (Å²) in [6.07, 6.45) is 6.27. The topological polar surface area (TPSA) is 29.9 Å². The second kappa shape index (κ2) is 5.98. The first-order valence-electron chi connectivity index (χ1n) is 6.04. The van der Waals surface area contributed by atoms with E-state index in [2.05, 4.69) is 40.4 Å². The number of rotatable bonds is 6. The molecule has 1 atom stereocenters. The summed E-state index contributed by atoms with van der Waals surface area (Å²) in [5.41, 5.74) is 2.66. The smallest absolute Gasteiger partial charge is 0.0537 e. The molecular formula is C13H19N3S. The average molecular weight is 249 g/mol. The fraction of sp³-hybridized carbons (Fsp3) is 0.462. The minimum atomic E-state index is 0.357. The lowest BCUT2D eigenvalue weighted by Gasteiger charge is -2.13. The standard InChI is InChI=1S/C13H19N3S/c1-3-5-16-9-12(8-15-16)13(14-2)7-11-4-6-17-10-11/h4,6,8-10,13-14H,3,5,7H2,1-2H3. The van der Waals surface area contributed by atoms with Gasteiger partial charge < -0.3 is 5.32 Å². The number of aromatic nitrogens is 2. The lowest BCUT2D eigenvalue weighted by Crippen LogP contribution is -2.18. The van der Waals surface area contributed by atoms with Crippen molar-refractivity contribution in [1.29, 1.82) is 0 Å². The number of hydrogen-bond donors (Lipinski definition) is 1. The van der Waals surface area contributed by atoms with Crippen molar-refractivity contribution in [3.63, 3.8) is 0 Å². The van der Waals surface area contributed by atoms with Gasteiger partial charge in [-0.2, -0.15) is 16.4 Å². The van der Waals surface area contributed by atoms with Crippen molar-refractivity contribution < 1.29 is 0 Å². The monoisotopic (exact) mass is 249 g/mol. The number of likely N-dealkylation sites (N-methyl/N-ethyl adjacent to an activating group) is 1. The highest BCUT2D eigenvalue weighted by Gasteiger charge is 2.12. The van der Waals surface area contributed by atoms with Crippen molar-refractivity contribution in [2.24, 2.45) is 0 Å². The van der Waals surface area contributed by atoms with E-state index >= 15 is 0 Å². The lowest BCUT2D eigenvalue weighted by atomic mass is 10.0. The molecule has 4 heteroatoms. The Morgan fingerprint density at radius 3 is 3.06 bits per heavy atom. The third-order valence-electron chi connectivity index (χ3n) is 2.88. The van der Waals surface area contributed by atoms with Crippen molar-refractivity contribution in [2.75, 3.05) is 7.05 Å². The molecule has 17 heavy (non-hydrogen) atoms. The number of aryl methyl sites for hydroxylation is 1. The van der Waals surface area contributed by atoms with E-state index in [9.17, 15) is 0 Å². The molecule has 1 unspecified atom stereocenters. The molecule has 1 N–H and O–H groups in total. The summed E-state index contributed by atoms with van der Waals surface area (Å²) in [7, 11) is 2.01. The first kappa shape index (κ1) is 12.3. The van der Waals surface area contributed by atoms with Crippen LogP contribution in [-0.2, 0) is 13.0 Å². The zero-order chi connectivity index (χ0) is 12.1. The molecule has 0 saturated heterocycles. The van der Waals surface area contributed by atoms with Crippen LogP contribution in [0, 0.1) is 0 Å². The molecule has 3 nitrogen and oxygen atoms in total. The van der Waals surface area contributed by atoms with Gasteiger partial charge in [0.1, 0.15) is 0 Å². The molecule has 0 aromatic carbocycles. The maximum Gasteiger partial charge on any atom is 0.0537 e. The van der Waals surface area contributed by atoms with Crippen molar-refractivity contribution in [1.82, 2.24) is 15.1 Å². The van der Waals surface area contributed by atoms with Crippen LogP contribution in [0.15, 0.2) is 29.2 Å². The van der Waals surface area contributed by atoms with Crippen molar-refractivity contribution in [3.8, 4) is 0 Å². The van der Waals surface area contributed by atoms with Crippen LogP contribution < -0.4 is 5.32 Å². The van der Waals surface area contributed by atoms with Crippen LogP contribution in [0.3, 0.4) is 0 Å². The highest BCUT2D eigenvalue weighted by molar-refractivity contribution is 7.07. The largest absolute Gasteiger partial charge is 0.313 e. The van der Waals surface area contributed by atoms with Gasteiger partial charge in [-0.3, -0.25) is 4.68 Å². The van der Waals surface area contributed by atoms with Crippen LogP contribution in [0.4, 0.5) is 0 Å². The Morgan fingerprint density at radius 2 is 2.41 bits per heavy atom. The predicted octanol–water partition coefficient (Wildman–Crippen LogP) is 2.86. The van der Waals surface area contributed by atoms with Gasteiger partial charge in [0.25, 0.3) is 0 Å². The predicted molar refractivity (Wildman–Crippen MR) is 72.3 cm³/mol. The Balaban J connectivity index is 2.06. The van der Waals surface area contributed by atoms with Gasteiger partial charge in [-0.25, -0.2) is 0 Å². The van der Waals surface area contributed by atoms with Gasteiger partial charge in [-0.05, 0) is 42.3 Å². The van der Waals surface area contributed by atoms with Gasteiger partial charge in [0.15, 0.2) is 0 Å². The summed E-state index contributed by atoms with van der Waals surface area (Å²) in [4.78, 5) is 0. The molecule has 0 aliphatic carbocycles. The van der Waals surface area contributed by atoms with E-state index in [0.717, 1.165) is 19.4 Å². The van der Waals surface area contributed by atoms with E-state index in [4.69, 9.17) is 0 Å². The third kappa shape index (κ3) is 3.17. The van der Waals surface area contributed by atoms with Gasteiger partial charge in [-0.15, -0.1) is 0 Å². The van der Waals surface area contributed by atoms with Crippen LogP contribution in [0.25, 0.3) is 0 Å². The van der Waals surface area contributed by atoms with Crippen LogP contribution >= 0.6 is 11.3 Å². The molecule has 0 bridgehead atoms. The summed E-state index contributed by atoms with van der Waals surface area (Å²) in [5.74, 6) is 0. The quantitative estimate of drug-likeness (QED) is 0.853. The maximum absolute atomic E-state index is 4.38. The van der Waals surface area contributed by atoms with Crippen LogP contribution in [0.2, 0.25) is 0 Å². The molecule has 0 amide bonds. The summed E-state index contributed by atoms with van der Waals surface area (Å²) >= 11 is 1.75. The second-order valence-electron chi connectivity index (χ2n) is 4.21. The molecule has 2 aromatic heterocycles. The van der Waals surface area contributed by atoms with Gasteiger partial charge in [-0.1, -0.05) is 6.92 Å². The highest BCUT2D eigenvalue weighted by Crippen LogP contribution is 2.19. The third-order valence-corrected chi connectivity index (χ3v) is 3.61. The molecule has 0 aliphatic heterocycles. The number of hydrogen-bond acceptors (Lipinski definition) is 3. The zero-order valence-electron chi connectivity index (χ0n) is 10.4. The van der Waals surface area contributed by atoms with Gasteiger partial charge in [0.2, 0.25) is 0 Å². The summed E-state index contributed by atoms with van der Waals surface area (Å²) < 4.78 is 2.02. The van der Waals surface area contributed by atoms with Crippen molar-refractivity contribution in [3.05, 3.63) is 40.3 Å². The summed E-state index contributed by atoms with van der Waals surface area (Å²) in [6, 6.07) is 2.54. The molecule has 0 aliphatic rings. The Morgan fingerprint density at radius 1 is 1.53 bits per heavy atom. The molecule has 2 rings (SSSR count). The van der Waals surface area contributed by atoms with E-state index in [1.807, 2.05) is 17.9 Å². The molecule has 92 valence electrons. The minimum absolute atomic E-state index is 0.357. The number of thiophene rings is 1. The summed E-state index contributed by atoms with van der Waals surface area (Å²) in [6.45, 7) is 3.16. The number of nitrogens with zero attached hydrogens (tertiary/aromatic N) is 2. The second-order valence-corrected chi connectivity index (χ2v) is 4.99. The lowest BCUT2D eigenvalue weighted by molar-refractivity contribution is 0.582.